The van der Waals surface area contributed by atoms with Crippen molar-refractivity contribution in [3.63, 3.8) is 0 Å². The average molecular weight is 385 g/mol. The van der Waals surface area contributed by atoms with Crippen LogP contribution in [0.2, 0.25) is 5.02 Å². The first kappa shape index (κ1) is 18.7. The molecule has 0 bridgehead atoms. The van der Waals surface area contributed by atoms with E-state index in [0.29, 0.717) is 0 Å². The van der Waals surface area contributed by atoms with E-state index in [0.717, 1.165) is 16.3 Å². The van der Waals surface area contributed by atoms with Gasteiger partial charge in [-0.2, -0.15) is 0 Å². The maximum atomic E-state index is 12.2. The van der Waals surface area contributed by atoms with Crippen LogP contribution < -0.4 is 10.1 Å². The highest BCUT2D eigenvalue weighted by atomic mass is 35.5. The van der Waals surface area contributed by atoms with Gasteiger partial charge in [0.1, 0.15) is 0 Å². The second-order valence-corrected chi connectivity index (χ2v) is 6.49. The normalized spacial score (nSPS) is 11.8. The van der Waals surface area contributed by atoms with Gasteiger partial charge in [-0.05, 0) is 41.5 Å². The van der Waals surface area contributed by atoms with E-state index < -0.39 is 4.92 Å². The van der Waals surface area contributed by atoms with E-state index in [4.69, 9.17) is 16.3 Å². The molecule has 1 atom stereocenters. The van der Waals surface area contributed by atoms with Gasteiger partial charge in [-0.1, -0.05) is 48.0 Å². The molecule has 27 heavy (non-hydrogen) atoms. The van der Waals surface area contributed by atoms with Crippen molar-refractivity contribution >= 4 is 34.0 Å². The van der Waals surface area contributed by atoms with E-state index in [1.54, 1.807) is 0 Å². The highest BCUT2D eigenvalue weighted by molar-refractivity contribution is 6.30. The zero-order valence-corrected chi connectivity index (χ0v) is 15.3. The van der Waals surface area contributed by atoms with Gasteiger partial charge in [0.2, 0.25) is 0 Å². The zero-order chi connectivity index (χ0) is 19.4. The minimum atomic E-state index is -0.600. The molecule has 6 nitrogen and oxygen atoms in total. The molecule has 3 aromatic carbocycles. The summed E-state index contributed by atoms with van der Waals surface area (Å²) in [7, 11) is 0. The minimum Gasteiger partial charge on any atom is -0.477 e. The molecule has 0 aliphatic rings. The first-order chi connectivity index (χ1) is 12.9. The minimum absolute atomic E-state index is 0.00194. The smallest absolute Gasteiger partial charge is 0.312 e. The zero-order valence-electron chi connectivity index (χ0n) is 14.5. The van der Waals surface area contributed by atoms with Crippen molar-refractivity contribution in [2.75, 3.05) is 6.61 Å². The van der Waals surface area contributed by atoms with Crippen LogP contribution in [0.3, 0.4) is 0 Å². The number of carbonyl (C=O) groups is 1. The Kier molecular flexibility index (Phi) is 5.57. The number of nitro benzene ring substituents is 1. The fourth-order valence-corrected chi connectivity index (χ4v) is 2.91. The molecule has 0 saturated heterocycles. The first-order valence-corrected chi connectivity index (χ1v) is 8.66. The van der Waals surface area contributed by atoms with Crippen LogP contribution >= 0.6 is 11.6 Å². The first-order valence-electron chi connectivity index (χ1n) is 8.29. The molecule has 1 N–H and O–H groups in total. The van der Waals surface area contributed by atoms with Crippen molar-refractivity contribution in [1.82, 2.24) is 5.32 Å². The lowest BCUT2D eigenvalue weighted by atomic mass is 10.0. The average Bonchev–Trinajstić information content (AvgIpc) is 2.66. The molecule has 0 fully saturated rings. The van der Waals surface area contributed by atoms with Gasteiger partial charge < -0.3 is 10.1 Å². The van der Waals surface area contributed by atoms with E-state index in [-0.39, 0.29) is 35.0 Å². The molecular weight excluding hydrogens is 368 g/mol. The summed E-state index contributed by atoms with van der Waals surface area (Å²) in [5.41, 5.74) is 0.678. The molecule has 0 aromatic heterocycles. The number of ether oxygens (including phenoxy) is 1. The van der Waals surface area contributed by atoms with Gasteiger partial charge in [0.15, 0.2) is 12.4 Å². The molecule has 1 amide bonds. The van der Waals surface area contributed by atoms with Crippen LogP contribution in [0, 0.1) is 10.1 Å². The van der Waals surface area contributed by atoms with E-state index in [2.05, 4.69) is 5.32 Å². The number of fused-ring (bicyclic) bond motifs is 1. The van der Waals surface area contributed by atoms with Gasteiger partial charge in [0.05, 0.1) is 11.0 Å². The van der Waals surface area contributed by atoms with Crippen molar-refractivity contribution < 1.29 is 14.5 Å². The molecule has 0 aliphatic heterocycles. The maximum absolute atomic E-state index is 12.2. The third-order valence-corrected chi connectivity index (χ3v) is 4.36. The summed E-state index contributed by atoms with van der Waals surface area (Å²) in [5, 5.41) is 16.3. The van der Waals surface area contributed by atoms with Gasteiger partial charge in [0, 0.05) is 11.1 Å². The number of carbonyl (C=O) groups excluding carboxylic acids is 1. The van der Waals surface area contributed by atoms with Gasteiger partial charge in [-0.15, -0.1) is 0 Å². The fourth-order valence-electron chi connectivity index (χ4n) is 2.74. The lowest BCUT2D eigenvalue weighted by Gasteiger charge is -2.15. The lowest BCUT2D eigenvalue weighted by Crippen LogP contribution is -2.31. The molecular formula is C20H17ClN2O4. The van der Waals surface area contributed by atoms with Crippen LogP contribution in [0.1, 0.15) is 18.5 Å². The summed E-state index contributed by atoms with van der Waals surface area (Å²) in [5.74, 6) is -0.377. The van der Waals surface area contributed by atoms with Crippen LogP contribution in [0.15, 0.2) is 60.7 Å². The van der Waals surface area contributed by atoms with Crippen LogP contribution in [-0.2, 0) is 4.79 Å². The molecule has 0 aliphatic carbocycles. The second-order valence-electron chi connectivity index (χ2n) is 6.05. The van der Waals surface area contributed by atoms with E-state index in [1.165, 1.54) is 18.2 Å². The summed E-state index contributed by atoms with van der Waals surface area (Å²) in [6.45, 7) is 1.53. The molecule has 0 saturated carbocycles. The summed E-state index contributed by atoms with van der Waals surface area (Å²) in [6.07, 6.45) is 0. The maximum Gasteiger partial charge on any atom is 0.312 e. The van der Waals surface area contributed by atoms with Crippen LogP contribution in [0.4, 0.5) is 5.69 Å². The van der Waals surface area contributed by atoms with Gasteiger partial charge in [0.25, 0.3) is 5.91 Å². The number of rotatable bonds is 6. The SMILES string of the molecule is CC(NC(=O)COc1ccc(Cl)cc1[N+](=O)[O-])c1ccc2ccccc2c1. The second kappa shape index (κ2) is 8.05. The Morgan fingerprint density at radius 3 is 2.63 bits per heavy atom. The molecule has 138 valence electrons. The Hall–Kier alpha value is -3.12. The van der Waals surface area contributed by atoms with Crippen LogP contribution in [0.25, 0.3) is 10.8 Å². The monoisotopic (exact) mass is 384 g/mol. The quantitative estimate of drug-likeness (QED) is 0.495. The number of halogens is 1. The number of hydrogen-bond acceptors (Lipinski definition) is 4. The fraction of sp³-hybridized carbons (Fsp3) is 0.150. The predicted molar refractivity (Wildman–Crippen MR) is 104 cm³/mol. The standard InChI is InChI=1S/C20H17ClN2O4/c1-13(15-7-6-14-4-2-3-5-16(14)10-15)22-20(24)12-27-19-9-8-17(21)11-18(19)23(25)26/h2-11,13H,12H2,1H3,(H,22,24). The van der Waals surface area contributed by atoms with E-state index in [1.807, 2.05) is 49.4 Å². The molecule has 3 rings (SSSR count). The van der Waals surface area contributed by atoms with Crippen molar-refractivity contribution in [1.29, 1.82) is 0 Å². The van der Waals surface area contributed by atoms with Gasteiger partial charge in [-0.25, -0.2) is 0 Å². The number of hydrogen-bond donors (Lipinski definition) is 1. The Labute approximate surface area is 160 Å². The van der Waals surface area contributed by atoms with Crippen LogP contribution in [-0.4, -0.2) is 17.4 Å². The summed E-state index contributed by atoms with van der Waals surface area (Å²) in [6, 6.07) is 17.7. The lowest BCUT2D eigenvalue weighted by molar-refractivity contribution is -0.385. The van der Waals surface area contributed by atoms with E-state index in [9.17, 15) is 14.9 Å². The van der Waals surface area contributed by atoms with Crippen molar-refractivity contribution in [3.8, 4) is 5.75 Å². The largest absolute Gasteiger partial charge is 0.477 e. The molecule has 1 unspecified atom stereocenters. The van der Waals surface area contributed by atoms with Crippen molar-refractivity contribution in [2.24, 2.45) is 0 Å². The number of nitrogens with zero attached hydrogens (tertiary/aromatic N) is 1. The summed E-state index contributed by atoms with van der Waals surface area (Å²) >= 11 is 5.76. The summed E-state index contributed by atoms with van der Waals surface area (Å²) in [4.78, 5) is 22.6. The van der Waals surface area contributed by atoms with E-state index >= 15 is 0 Å². The molecule has 0 radical (unpaired) electrons. The Bertz CT molecular complexity index is 1010. The highest BCUT2D eigenvalue weighted by Crippen LogP contribution is 2.29. The molecule has 0 spiro atoms. The number of amides is 1. The number of nitrogens with one attached hydrogen (secondary N) is 1. The highest BCUT2D eigenvalue weighted by Gasteiger charge is 2.17. The number of benzene rings is 3. The van der Waals surface area contributed by atoms with Crippen molar-refractivity contribution in [3.05, 3.63) is 81.4 Å². The Balaban J connectivity index is 1.64. The number of nitro groups is 1. The Morgan fingerprint density at radius 1 is 1.15 bits per heavy atom. The molecule has 7 heteroatoms. The van der Waals surface area contributed by atoms with Gasteiger partial charge >= 0.3 is 5.69 Å². The molecule has 3 aromatic rings. The topological polar surface area (TPSA) is 81.5 Å². The Morgan fingerprint density at radius 2 is 1.89 bits per heavy atom. The van der Waals surface area contributed by atoms with Gasteiger partial charge in [-0.3, -0.25) is 14.9 Å². The third-order valence-electron chi connectivity index (χ3n) is 4.13. The molecule has 0 heterocycles. The predicted octanol–water partition coefficient (Wildman–Crippen LogP) is 4.66. The third kappa shape index (κ3) is 4.54. The van der Waals surface area contributed by atoms with Crippen LogP contribution in [0.5, 0.6) is 5.75 Å². The summed E-state index contributed by atoms with van der Waals surface area (Å²) < 4.78 is 5.31. The van der Waals surface area contributed by atoms with Crippen molar-refractivity contribution in [2.45, 2.75) is 13.0 Å².